The summed E-state index contributed by atoms with van der Waals surface area (Å²) in [6.07, 6.45) is 2.21. The van der Waals surface area contributed by atoms with Gasteiger partial charge >= 0.3 is 10.0 Å². The Morgan fingerprint density at radius 3 is 2.57 bits per heavy atom. The number of halogens is 3. The van der Waals surface area contributed by atoms with Gasteiger partial charge in [0.15, 0.2) is 17.4 Å². The summed E-state index contributed by atoms with van der Waals surface area (Å²) in [7, 11) is -2.87. The smallest absolute Gasteiger partial charge is 0.301 e. The molecular formula is C17H16ClF2N3O4S. The Labute approximate surface area is 165 Å². The van der Waals surface area contributed by atoms with Crippen molar-refractivity contribution in [3.63, 3.8) is 0 Å². The van der Waals surface area contributed by atoms with Gasteiger partial charge in [-0.05, 0) is 31.3 Å². The van der Waals surface area contributed by atoms with Gasteiger partial charge in [0.25, 0.3) is 0 Å². The second-order valence-electron chi connectivity index (χ2n) is 5.66. The Morgan fingerprint density at radius 1 is 1.29 bits per heavy atom. The van der Waals surface area contributed by atoms with Gasteiger partial charge in [-0.2, -0.15) is 12.8 Å². The van der Waals surface area contributed by atoms with Crippen molar-refractivity contribution in [1.82, 2.24) is 14.3 Å². The molecule has 0 amide bonds. The van der Waals surface area contributed by atoms with E-state index in [0.717, 1.165) is 12.3 Å². The molecule has 3 aromatic heterocycles. The molecule has 0 radical (unpaired) electrons. The van der Waals surface area contributed by atoms with E-state index >= 15 is 0 Å². The van der Waals surface area contributed by atoms with Gasteiger partial charge in [0.2, 0.25) is 11.0 Å². The zero-order chi connectivity index (χ0) is 19.8. The van der Waals surface area contributed by atoms with Gasteiger partial charge in [-0.25, -0.2) is 13.3 Å². The summed E-state index contributed by atoms with van der Waals surface area (Å²) in [6.45, 7) is 1.23. The van der Waals surface area contributed by atoms with Gasteiger partial charge < -0.3 is 9.73 Å². The lowest BCUT2D eigenvalue weighted by Crippen LogP contribution is -2.13. The summed E-state index contributed by atoms with van der Waals surface area (Å²) >= 11 is 0. The van der Waals surface area contributed by atoms with Crippen LogP contribution in [0.3, 0.4) is 0 Å². The van der Waals surface area contributed by atoms with Crippen LogP contribution in [0.1, 0.15) is 23.0 Å². The lowest BCUT2D eigenvalue weighted by Gasteiger charge is -2.09. The minimum Gasteiger partial charge on any atom is -0.440 e. The Kier molecular flexibility index (Phi) is 6.37. The van der Waals surface area contributed by atoms with Crippen LogP contribution in [0.25, 0.3) is 11.3 Å². The van der Waals surface area contributed by atoms with Crippen LogP contribution in [0.5, 0.6) is 0 Å². The minimum absolute atomic E-state index is 0. The van der Waals surface area contributed by atoms with Gasteiger partial charge in [0, 0.05) is 31.4 Å². The number of Topliss-reactive ketones (excluding diaryl/α,β-unsaturated/α-hetero) is 1. The number of hydrogen-bond donors (Lipinski definition) is 1. The van der Waals surface area contributed by atoms with Gasteiger partial charge in [0.1, 0.15) is 5.69 Å². The fourth-order valence-corrected chi connectivity index (χ4v) is 3.87. The van der Waals surface area contributed by atoms with E-state index in [-0.39, 0.29) is 35.8 Å². The fraction of sp³-hybridized carbons (Fsp3) is 0.176. The average Bonchev–Trinajstić information content (AvgIpc) is 3.23. The highest BCUT2D eigenvalue weighted by Gasteiger charge is 2.30. The van der Waals surface area contributed by atoms with Crippen molar-refractivity contribution >= 4 is 28.2 Å². The second kappa shape index (κ2) is 8.21. The van der Waals surface area contributed by atoms with E-state index in [1.165, 1.54) is 31.3 Å². The molecule has 150 valence electrons. The maximum atomic E-state index is 14.9. The van der Waals surface area contributed by atoms with Crippen molar-refractivity contribution in [3.05, 3.63) is 59.7 Å². The van der Waals surface area contributed by atoms with Gasteiger partial charge in [-0.1, -0.05) is 0 Å². The maximum Gasteiger partial charge on any atom is 0.301 e. The highest BCUT2D eigenvalue weighted by atomic mass is 35.5. The lowest BCUT2D eigenvalue weighted by atomic mass is 10.2. The molecule has 0 aromatic carbocycles. The van der Waals surface area contributed by atoms with Crippen LogP contribution in [-0.4, -0.2) is 30.2 Å². The van der Waals surface area contributed by atoms with Gasteiger partial charge in [0.05, 0.1) is 5.56 Å². The number of carbonyl (C=O) groups excluding carboxylic acids is 1. The molecule has 0 fully saturated rings. The van der Waals surface area contributed by atoms with Crippen molar-refractivity contribution in [2.45, 2.75) is 18.6 Å². The van der Waals surface area contributed by atoms with E-state index in [2.05, 4.69) is 10.3 Å². The molecule has 3 rings (SSSR count). The third kappa shape index (κ3) is 3.71. The highest BCUT2D eigenvalue weighted by molar-refractivity contribution is 7.89. The first-order valence-electron chi connectivity index (χ1n) is 7.79. The summed E-state index contributed by atoms with van der Waals surface area (Å²) in [5.41, 5.74) is -0.816. The zero-order valence-corrected chi connectivity index (χ0v) is 16.4. The van der Waals surface area contributed by atoms with E-state index < -0.39 is 38.4 Å². The Balaban J connectivity index is 0.00000280. The third-order valence-corrected chi connectivity index (χ3v) is 5.34. The summed E-state index contributed by atoms with van der Waals surface area (Å²) in [6, 6.07) is 4.87. The predicted molar refractivity (Wildman–Crippen MR) is 98.9 cm³/mol. The normalized spacial score (nSPS) is 11.3. The van der Waals surface area contributed by atoms with Gasteiger partial charge in [-0.3, -0.25) is 4.79 Å². The minimum atomic E-state index is -4.43. The van der Waals surface area contributed by atoms with E-state index in [1.807, 2.05) is 0 Å². The molecule has 0 spiro atoms. The molecule has 0 aliphatic carbocycles. The standard InChI is InChI=1S/C17H15F2N3O4S.ClH/c1-10(23)13-5-6-14(26-13)27(24,25)22-9-11(8-20-2)15(18)16(22)12-4-3-7-21-17(12)19;/h3-7,9,20H,8H2,1-2H3;1H. The number of ketones is 1. The first kappa shape index (κ1) is 21.7. The van der Waals surface area contributed by atoms with Crippen LogP contribution < -0.4 is 5.32 Å². The highest BCUT2D eigenvalue weighted by Crippen LogP contribution is 2.32. The van der Waals surface area contributed by atoms with Crippen molar-refractivity contribution in [3.8, 4) is 11.3 Å². The number of hydrogen-bond acceptors (Lipinski definition) is 6. The van der Waals surface area contributed by atoms with E-state index in [0.29, 0.717) is 3.97 Å². The van der Waals surface area contributed by atoms with E-state index in [4.69, 9.17) is 4.42 Å². The van der Waals surface area contributed by atoms with Crippen molar-refractivity contribution in [2.24, 2.45) is 0 Å². The van der Waals surface area contributed by atoms with Crippen LogP contribution in [-0.2, 0) is 16.6 Å². The summed E-state index contributed by atoms with van der Waals surface area (Å²) in [4.78, 5) is 14.8. The van der Waals surface area contributed by atoms with E-state index in [9.17, 15) is 22.0 Å². The van der Waals surface area contributed by atoms with Crippen molar-refractivity contribution in [1.29, 1.82) is 0 Å². The number of carbonyl (C=O) groups is 1. The van der Waals surface area contributed by atoms with Crippen molar-refractivity contribution < 1.29 is 26.4 Å². The number of nitrogens with one attached hydrogen (secondary N) is 1. The fourth-order valence-electron chi connectivity index (χ4n) is 2.56. The molecule has 1 N–H and O–H groups in total. The Morgan fingerprint density at radius 2 is 2.00 bits per heavy atom. The first-order valence-corrected chi connectivity index (χ1v) is 9.23. The van der Waals surface area contributed by atoms with Crippen LogP contribution in [0.15, 0.2) is 46.2 Å². The Bertz CT molecular complexity index is 1130. The Hall–Kier alpha value is -2.56. The molecule has 0 unspecified atom stereocenters. The number of rotatable bonds is 6. The second-order valence-corrected chi connectivity index (χ2v) is 7.41. The molecule has 3 heterocycles. The summed E-state index contributed by atoms with van der Waals surface area (Å²) in [5.74, 6) is -2.56. The maximum absolute atomic E-state index is 14.9. The zero-order valence-electron chi connectivity index (χ0n) is 14.8. The quantitative estimate of drug-likeness (QED) is 0.476. The monoisotopic (exact) mass is 431 g/mol. The third-order valence-electron chi connectivity index (χ3n) is 3.81. The van der Waals surface area contributed by atoms with Crippen LogP contribution in [0, 0.1) is 11.8 Å². The molecule has 0 saturated carbocycles. The topological polar surface area (TPSA) is 94.2 Å². The lowest BCUT2D eigenvalue weighted by molar-refractivity contribution is 0.0982. The first-order chi connectivity index (χ1) is 12.8. The largest absolute Gasteiger partial charge is 0.440 e. The molecular weight excluding hydrogens is 416 g/mol. The van der Waals surface area contributed by atoms with Crippen LogP contribution >= 0.6 is 12.4 Å². The summed E-state index contributed by atoms with van der Waals surface area (Å²) < 4.78 is 60.7. The summed E-state index contributed by atoms with van der Waals surface area (Å²) in [5, 5.41) is 2.15. The molecule has 0 atom stereocenters. The SMILES string of the molecule is CNCc1cn(S(=O)(=O)c2ccc(C(C)=O)o2)c(-c2cccnc2F)c1F.Cl. The molecule has 7 nitrogen and oxygen atoms in total. The van der Waals surface area contributed by atoms with Crippen LogP contribution in [0.4, 0.5) is 8.78 Å². The number of furan rings is 1. The molecule has 0 bridgehead atoms. The number of nitrogens with zero attached hydrogens (tertiary/aromatic N) is 2. The number of aromatic nitrogens is 2. The molecule has 11 heteroatoms. The predicted octanol–water partition coefficient (Wildman–Crippen LogP) is 3.00. The number of pyridine rings is 1. The molecule has 0 aliphatic heterocycles. The average molecular weight is 432 g/mol. The molecule has 28 heavy (non-hydrogen) atoms. The van der Waals surface area contributed by atoms with Crippen LogP contribution in [0.2, 0.25) is 0 Å². The molecule has 0 saturated heterocycles. The molecule has 3 aromatic rings. The molecule has 0 aliphatic rings. The van der Waals surface area contributed by atoms with Crippen molar-refractivity contribution in [2.75, 3.05) is 7.05 Å². The van der Waals surface area contributed by atoms with Gasteiger partial charge in [-0.15, -0.1) is 12.4 Å². The van der Waals surface area contributed by atoms with E-state index in [1.54, 1.807) is 7.05 Å².